The summed E-state index contributed by atoms with van der Waals surface area (Å²) in [5.41, 5.74) is 4.21. The first-order chi connectivity index (χ1) is 8.51. The lowest BCUT2D eigenvalue weighted by Crippen LogP contribution is -2.06. The average Bonchev–Trinajstić information content (AvgIpc) is 2.67. The third kappa shape index (κ3) is 2.56. The van der Waals surface area contributed by atoms with Crippen LogP contribution in [0.2, 0.25) is 0 Å². The molecule has 2 rings (SSSR count). The fraction of sp³-hybridized carbons (Fsp3) is 0.429. The molecule has 0 spiro atoms. The molecule has 0 saturated heterocycles. The monoisotopic (exact) mass is 263 g/mol. The predicted molar refractivity (Wildman–Crippen MR) is 74.5 cm³/mol. The lowest BCUT2D eigenvalue weighted by molar-refractivity contribution is 0.763. The van der Waals surface area contributed by atoms with Crippen molar-refractivity contribution in [1.82, 2.24) is 14.8 Å². The van der Waals surface area contributed by atoms with Gasteiger partial charge in [0, 0.05) is 17.3 Å². The Morgan fingerprint density at radius 2 is 1.94 bits per heavy atom. The minimum Gasteiger partial charge on any atom is -0.233 e. The van der Waals surface area contributed by atoms with E-state index in [4.69, 9.17) is 11.6 Å². The van der Waals surface area contributed by atoms with E-state index in [1.54, 1.807) is 0 Å². The molecule has 0 radical (unpaired) electrons. The summed E-state index contributed by atoms with van der Waals surface area (Å²) in [6, 6.07) is 6.11. The van der Waals surface area contributed by atoms with Crippen molar-refractivity contribution < 1.29 is 0 Å². The van der Waals surface area contributed by atoms with E-state index in [0.29, 0.717) is 11.8 Å². The first-order valence-corrected chi connectivity index (χ1v) is 6.65. The Balaban J connectivity index is 2.56. The highest BCUT2D eigenvalue weighted by atomic mass is 35.5. The summed E-state index contributed by atoms with van der Waals surface area (Å²) in [5, 5.41) is 4.47. The van der Waals surface area contributed by atoms with Crippen LogP contribution in [-0.2, 0) is 5.88 Å². The Labute approximate surface area is 113 Å². The number of nitrogens with zero attached hydrogens (tertiary/aromatic N) is 3. The summed E-state index contributed by atoms with van der Waals surface area (Å²) < 4.78 is 1.87. The summed E-state index contributed by atoms with van der Waals surface area (Å²) in [6.07, 6.45) is 0. The van der Waals surface area contributed by atoms with E-state index in [1.165, 1.54) is 0 Å². The van der Waals surface area contributed by atoms with Gasteiger partial charge in [-0.15, -0.1) is 11.6 Å². The molecule has 0 amide bonds. The molecule has 0 saturated carbocycles. The van der Waals surface area contributed by atoms with Crippen LogP contribution in [0, 0.1) is 13.8 Å². The highest BCUT2D eigenvalue weighted by molar-refractivity contribution is 6.17. The molecule has 0 aliphatic carbocycles. The normalized spacial score (nSPS) is 11.2. The van der Waals surface area contributed by atoms with Crippen molar-refractivity contribution in [2.75, 3.05) is 0 Å². The third-order valence-corrected chi connectivity index (χ3v) is 3.17. The maximum absolute atomic E-state index is 5.95. The molecule has 0 fully saturated rings. The SMILES string of the molecule is Cc1cc(C)n(-c2cc(CCl)cc(C(C)C)n2)n1. The molecule has 0 atom stereocenters. The topological polar surface area (TPSA) is 30.7 Å². The number of hydrogen-bond acceptors (Lipinski definition) is 2. The Kier molecular flexibility index (Phi) is 3.71. The van der Waals surface area contributed by atoms with Crippen molar-refractivity contribution in [1.29, 1.82) is 0 Å². The van der Waals surface area contributed by atoms with Crippen molar-refractivity contribution in [2.24, 2.45) is 0 Å². The number of halogens is 1. The molecule has 0 bridgehead atoms. The van der Waals surface area contributed by atoms with Gasteiger partial charge >= 0.3 is 0 Å². The minimum atomic E-state index is 0.379. The maximum atomic E-state index is 5.95. The quantitative estimate of drug-likeness (QED) is 0.790. The molecule has 18 heavy (non-hydrogen) atoms. The number of aromatic nitrogens is 3. The number of hydrogen-bond donors (Lipinski definition) is 0. The molecule has 0 aliphatic rings. The molecule has 96 valence electrons. The van der Waals surface area contributed by atoms with E-state index in [2.05, 4.69) is 30.0 Å². The van der Waals surface area contributed by atoms with E-state index in [9.17, 15) is 0 Å². The lowest BCUT2D eigenvalue weighted by atomic mass is 10.1. The summed E-state index contributed by atoms with van der Waals surface area (Å²) >= 11 is 5.95. The number of pyridine rings is 1. The maximum Gasteiger partial charge on any atom is 0.154 e. The summed E-state index contributed by atoms with van der Waals surface area (Å²) in [4.78, 5) is 4.67. The average molecular weight is 264 g/mol. The van der Waals surface area contributed by atoms with Crippen molar-refractivity contribution in [3.05, 3.63) is 40.8 Å². The molecule has 3 nitrogen and oxygen atoms in total. The fourth-order valence-electron chi connectivity index (χ4n) is 1.94. The molecule has 0 N–H and O–H groups in total. The zero-order valence-electron chi connectivity index (χ0n) is 11.2. The minimum absolute atomic E-state index is 0.379. The molecule has 2 aromatic heterocycles. The van der Waals surface area contributed by atoms with Crippen LogP contribution in [0.5, 0.6) is 0 Å². The Morgan fingerprint density at radius 1 is 1.22 bits per heavy atom. The van der Waals surface area contributed by atoms with Crippen molar-refractivity contribution in [3.8, 4) is 5.82 Å². The van der Waals surface area contributed by atoms with Crippen molar-refractivity contribution >= 4 is 11.6 Å². The summed E-state index contributed by atoms with van der Waals surface area (Å²) in [5.74, 6) is 1.72. The molecule has 4 heteroatoms. The lowest BCUT2D eigenvalue weighted by Gasteiger charge is -2.11. The van der Waals surface area contributed by atoms with Gasteiger partial charge in [-0.2, -0.15) is 5.10 Å². The van der Waals surface area contributed by atoms with Crippen LogP contribution in [0.3, 0.4) is 0 Å². The van der Waals surface area contributed by atoms with E-state index in [0.717, 1.165) is 28.5 Å². The largest absolute Gasteiger partial charge is 0.233 e. The third-order valence-electron chi connectivity index (χ3n) is 2.86. The fourth-order valence-corrected chi connectivity index (χ4v) is 2.09. The van der Waals surface area contributed by atoms with Gasteiger partial charge in [0.05, 0.1) is 5.69 Å². The van der Waals surface area contributed by atoms with Crippen molar-refractivity contribution in [2.45, 2.75) is 39.5 Å². The zero-order valence-corrected chi connectivity index (χ0v) is 12.0. The molecule has 0 aliphatic heterocycles. The van der Waals surface area contributed by atoms with Gasteiger partial charge in [0.15, 0.2) is 5.82 Å². The van der Waals surface area contributed by atoms with Gasteiger partial charge < -0.3 is 0 Å². The molecular formula is C14H18ClN3. The smallest absolute Gasteiger partial charge is 0.154 e. The first-order valence-electron chi connectivity index (χ1n) is 6.11. The van der Waals surface area contributed by atoms with E-state index in [-0.39, 0.29) is 0 Å². The van der Waals surface area contributed by atoms with Crippen LogP contribution >= 0.6 is 11.6 Å². The van der Waals surface area contributed by atoms with Crippen molar-refractivity contribution in [3.63, 3.8) is 0 Å². The van der Waals surface area contributed by atoms with Gasteiger partial charge in [0.2, 0.25) is 0 Å². The number of alkyl halides is 1. The van der Waals surface area contributed by atoms with Gasteiger partial charge in [-0.05, 0) is 43.5 Å². The highest BCUT2D eigenvalue weighted by Crippen LogP contribution is 2.19. The Hall–Kier alpha value is -1.35. The van der Waals surface area contributed by atoms with E-state index >= 15 is 0 Å². The highest BCUT2D eigenvalue weighted by Gasteiger charge is 2.10. The van der Waals surface area contributed by atoms with Crippen LogP contribution in [0.4, 0.5) is 0 Å². The first kappa shape index (κ1) is 13.1. The van der Waals surface area contributed by atoms with E-state index < -0.39 is 0 Å². The molecule has 2 heterocycles. The molecule has 0 unspecified atom stereocenters. The Morgan fingerprint density at radius 3 is 2.44 bits per heavy atom. The van der Waals surface area contributed by atoms with Gasteiger partial charge in [-0.25, -0.2) is 9.67 Å². The van der Waals surface area contributed by atoms with Crippen LogP contribution in [0.25, 0.3) is 5.82 Å². The summed E-state index contributed by atoms with van der Waals surface area (Å²) in [6.45, 7) is 8.28. The van der Waals surface area contributed by atoms with Gasteiger partial charge in [0.1, 0.15) is 0 Å². The van der Waals surface area contributed by atoms with Gasteiger partial charge in [-0.1, -0.05) is 13.8 Å². The second kappa shape index (κ2) is 5.11. The van der Waals surface area contributed by atoms with E-state index in [1.807, 2.05) is 30.7 Å². The second-order valence-electron chi connectivity index (χ2n) is 4.89. The zero-order chi connectivity index (χ0) is 13.3. The molecule has 2 aromatic rings. The van der Waals surface area contributed by atoms with Crippen LogP contribution in [0.1, 0.15) is 42.4 Å². The second-order valence-corrected chi connectivity index (χ2v) is 5.15. The Bertz CT molecular complexity index is 558. The number of aryl methyl sites for hydroxylation is 2. The van der Waals surface area contributed by atoms with Gasteiger partial charge in [0.25, 0.3) is 0 Å². The van der Waals surface area contributed by atoms with Crippen LogP contribution < -0.4 is 0 Å². The standard InChI is InChI=1S/C14H18ClN3/c1-9(2)13-6-12(8-15)7-14(16-13)18-11(4)5-10(3)17-18/h5-7,9H,8H2,1-4H3. The predicted octanol–water partition coefficient (Wildman–Crippen LogP) is 3.75. The molecular weight excluding hydrogens is 246 g/mol. The molecule has 0 aromatic carbocycles. The number of rotatable bonds is 3. The van der Waals surface area contributed by atoms with Gasteiger partial charge in [-0.3, -0.25) is 0 Å². The summed E-state index contributed by atoms with van der Waals surface area (Å²) in [7, 11) is 0. The van der Waals surface area contributed by atoms with Crippen LogP contribution in [0.15, 0.2) is 18.2 Å². The van der Waals surface area contributed by atoms with Crippen LogP contribution in [-0.4, -0.2) is 14.8 Å².